The highest BCUT2D eigenvalue weighted by molar-refractivity contribution is 5.38. The second-order valence-corrected chi connectivity index (χ2v) is 4.25. The van der Waals surface area contributed by atoms with Crippen LogP contribution in [0.3, 0.4) is 0 Å². The highest BCUT2D eigenvalue weighted by Gasteiger charge is 2.18. The number of halogens is 1. The summed E-state index contributed by atoms with van der Waals surface area (Å²) in [4.78, 5) is 9.71. The second kappa shape index (κ2) is 5.12. The van der Waals surface area contributed by atoms with Crippen LogP contribution in [0.25, 0.3) is 0 Å². The molecule has 0 radical (unpaired) electrons. The number of benzene rings is 1. The average molecular weight is 239 g/mol. The van der Waals surface area contributed by atoms with Crippen LogP contribution in [0.15, 0.2) is 18.2 Å². The Morgan fingerprint density at radius 2 is 2.00 bits per heavy atom. The lowest BCUT2D eigenvalue weighted by Gasteiger charge is -2.22. The molecule has 1 aromatic rings. The minimum absolute atomic E-state index is 0.115. The van der Waals surface area contributed by atoms with Gasteiger partial charge < -0.3 is 4.74 Å². The number of rotatable bonds is 3. The van der Waals surface area contributed by atoms with Crippen molar-refractivity contribution in [3.8, 4) is 5.75 Å². The minimum Gasteiger partial charge on any atom is -0.490 e. The monoisotopic (exact) mass is 239 g/mol. The van der Waals surface area contributed by atoms with Crippen molar-refractivity contribution in [2.45, 2.75) is 38.2 Å². The largest absolute Gasteiger partial charge is 0.490 e. The molecular formula is C12H14FNO3. The summed E-state index contributed by atoms with van der Waals surface area (Å²) in [6, 6.07) is 3.69. The van der Waals surface area contributed by atoms with E-state index in [4.69, 9.17) is 4.74 Å². The van der Waals surface area contributed by atoms with Crippen molar-refractivity contribution in [2.75, 3.05) is 0 Å². The lowest BCUT2D eigenvalue weighted by molar-refractivity contribution is -0.387. The van der Waals surface area contributed by atoms with Gasteiger partial charge in [0.15, 0.2) is 0 Å². The van der Waals surface area contributed by atoms with Gasteiger partial charge in [-0.2, -0.15) is 4.39 Å². The van der Waals surface area contributed by atoms with E-state index < -0.39 is 16.4 Å². The van der Waals surface area contributed by atoms with Crippen molar-refractivity contribution in [1.82, 2.24) is 0 Å². The van der Waals surface area contributed by atoms with Crippen LogP contribution in [0.4, 0.5) is 10.1 Å². The standard InChI is InChI=1S/C12H14FNO3/c13-11-8-10(6-7-12(11)14(15)16)17-9-4-2-1-3-5-9/h6-9H,1-5H2. The topological polar surface area (TPSA) is 52.4 Å². The summed E-state index contributed by atoms with van der Waals surface area (Å²) in [6.07, 6.45) is 5.52. The number of hydrogen-bond acceptors (Lipinski definition) is 3. The first kappa shape index (κ1) is 11.8. The van der Waals surface area contributed by atoms with Gasteiger partial charge in [0.25, 0.3) is 0 Å². The molecule has 0 unspecified atom stereocenters. The molecule has 1 fully saturated rings. The van der Waals surface area contributed by atoms with Gasteiger partial charge in [-0.15, -0.1) is 0 Å². The maximum absolute atomic E-state index is 13.3. The average Bonchev–Trinajstić information content (AvgIpc) is 2.30. The van der Waals surface area contributed by atoms with E-state index in [1.807, 2.05) is 0 Å². The molecule has 0 aromatic heterocycles. The molecule has 0 amide bonds. The first-order chi connectivity index (χ1) is 8.16. The summed E-state index contributed by atoms with van der Waals surface area (Å²) in [6.45, 7) is 0. The van der Waals surface area contributed by atoms with Crippen LogP contribution in [0.5, 0.6) is 5.75 Å². The molecule has 0 bridgehead atoms. The first-order valence-corrected chi connectivity index (χ1v) is 5.77. The lowest BCUT2D eigenvalue weighted by atomic mass is 9.98. The van der Waals surface area contributed by atoms with Crippen LogP contribution in [0, 0.1) is 15.9 Å². The third kappa shape index (κ3) is 2.93. The third-order valence-corrected chi connectivity index (χ3v) is 2.97. The number of nitro benzene ring substituents is 1. The highest BCUT2D eigenvalue weighted by atomic mass is 19.1. The highest BCUT2D eigenvalue weighted by Crippen LogP contribution is 2.26. The summed E-state index contributed by atoms with van der Waals surface area (Å²) in [5.74, 6) is -0.469. The van der Waals surface area contributed by atoms with Crippen LogP contribution in [0.2, 0.25) is 0 Å². The van der Waals surface area contributed by atoms with E-state index >= 15 is 0 Å². The predicted octanol–water partition coefficient (Wildman–Crippen LogP) is 3.45. The van der Waals surface area contributed by atoms with Gasteiger partial charge in [0.05, 0.1) is 11.0 Å². The van der Waals surface area contributed by atoms with Gasteiger partial charge in [-0.25, -0.2) is 0 Å². The smallest absolute Gasteiger partial charge is 0.305 e. The molecule has 0 atom stereocenters. The van der Waals surface area contributed by atoms with Gasteiger partial charge in [0.1, 0.15) is 5.75 Å². The van der Waals surface area contributed by atoms with Crippen LogP contribution in [-0.4, -0.2) is 11.0 Å². The molecule has 1 aliphatic rings. The van der Waals surface area contributed by atoms with Crippen LogP contribution in [0.1, 0.15) is 32.1 Å². The zero-order chi connectivity index (χ0) is 12.3. The quantitative estimate of drug-likeness (QED) is 0.599. The fraction of sp³-hybridized carbons (Fsp3) is 0.500. The summed E-state index contributed by atoms with van der Waals surface area (Å²) in [5.41, 5.74) is -0.513. The Bertz CT molecular complexity index is 416. The number of nitrogens with zero attached hydrogens (tertiary/aromatic N) is 1. The van der Waals surface area contributed by atoms with E-state index in [1.165, 1.54) is 12.5 Å². The Balaban J connectivity index is 2.06. The normalized spacial score (nSPS) is 16.8. The van der Waals surface area contributed by atoms with Crippen LogP contribution >= 0.6 is 0 Å². The summed E-state index contributed by atoms with van der Waals surface area (Å²) in [7, 11) is 0. The Labute approximate surface area is 98.5 Å². The van der Waals surface area contributed by atoms with Gasteiger partial charge in [-0.3, -0.25) is 10.1 Å². The van der Waals surface area contributed by atoms with Crippen molar-refractivity contribution in [1.29, 1.82) is 0 Å². The second-order valence-electron chi connectivity index (χ2n) is 4.25. The van der Waals surface area contributed by atoms with Crippen molar-refractivity contribution < 1.29 is 14.1 Å². The van der Waals surface area contributed by atoms with E-state index in [2.05, 4.69) is 0 Å². The fourth-order valence-corrected chi connectivity index (χ4v) is 2.08. The van der Waals surface area contributed by atoms with Crippen molar-refractivity contribution in [3.05, 3.63) is 34.1 Å². The van der Waals surface area contributed by atoms with Crippen LogP contribution in [-0.2, 0) is 0 Å². The SMILES string of the molecule is O=[N+]([O-])c1ccc(OC2CCCCC2)cc1F. The zero-order valence-corrected chi connectivity index (χ0v) is 9.39. The molecule has 2 rings (SSSR count). The predicted molar refractivity (Wildman–Crippen MR) is 60.6 cm³/mol. The molecule has 0 N–H and O–H groups in total. The van der Waals surface area contributed by atoms with Crippen molar-refractivity contribution in [2.24, 2.45) is 0 Å². The Kier molecular flexibility index (Phi) is 3.56. The van der Waals surface area contributed by atoms with Gasteiger partial charge in [0.2, 0.25) is 5.82 Å². The molecule has 0 aliphatic heterocycles. The fourth-order valence-electron chi connectivity index (χ4n) is 2.08. The summed E-state index contributed by atoms with van der Waals surface area (Å²) < 4.78 is 18.9. The lowest BCUT2D eigenvalue weighted by Crippen LogP contribution is -2.19. The van der Waals surface area contributed by atoms with Gasteiger partial charge in [-0.05, 0) is 31.7 Å². The van der Waals surface area contributed by atoms with Crippen LogP contribution < -0.4 is 4.74 Å². The van der Waals surface area contributed by atoms with E-state index in [-0.39, 0.29) is 6.10 Å². The Morgan fingerprint density at radius 3 is 2.59 bits per heavy atom. The summed E-state index contributed by atoms with van der Waals surface area (Å²) in [5, 5.41) is 10.4. The molecule has 5 heteroatoms. The minimum atomic E-state index is -0.844. The van der Waals surface area contributed by atoms with Gasteiger partial charge in [-0.1, -0.05) is 6.42 Å². The molecule has 0 heterocycles. The van der Waals surface area contributed by atoms with Gasteiger partial charge >= 0.3 is 5.69 Å². The number of hydrogen-bond donors (Lipinski definition) is 0. The maximum Gasteiger partial charge on any atom is 0.305 e. The molecule has 0 saturated heterocycles. The molecule has 1 saturated carbocycles. The van der Waals surface area contributed by atoms with E-state index in [0.717, 1.165) is 37.8 Å². The number of nitro groups is 1. The Morgan fingerprint density at radius 1 is 1.29 bits per heavy atom. The van der Waals surface area contributed by atoms with E-state index in [1.54, 1.807) is 0 Å². The third-order valence-electron chi connectivity index (χ3n) is 2.97. The molecule has 17 heavy (non-hydrogen) atoms. The summed E-state index contributed by atoms with van der Waals surface area (Å²) >= 11 is 0. The molecule has 0 spiro atoms. The Hall–Kier alpha value is -1.65. The first-order valence-electron chi connectivity index (χ1n) is 5.77. The molecular weight excluding hydrogens is 225 g/mol. The molecule has 92 valence electrons. The van der Waals surface area contributed by atoms with Gasteiger partial charge in [0, 0.05) is 12.1 Å². The molecule has 4 nitrogen and oxygen atoms in total. The maximum atomic E-state index is 13.3. The van der Waals surface area contributed by atoms with E-state index in [0.29, 0.717) is 5.75 Å². The molecule has 1 aromatic carbocycles. The number of ether oxygens (including phenoxy) is 1. The van der Waals surface area contributed by atoms with Crippen molar-refractivity contribution in [3.63, 3.8) is 0 Å². The zero-order valence-electron chi connectivity index (χ0n) is 9.39. The van der Waals surface area contributed by atoms with Crippen molar-refractivity contribution >= 4 is 5.69 Å². The van der Waals surface area contributed by atoms with E-state index in [9.17, 15) is 14.5 Å². The molecule has 1 aliphatic carbocycles.